The zero-order chi connectivity index (χ0) is 5.33. The van der Waals surface area contributed by atoms with Gasteiger partial charge < -0.3 is 5.73 Å². The van der Waals surface area contributed by atoms with Crippen molar-refractivity contribution in [1.29, 1.82) is 0 Å². The minimum absolute atomic E-state index is 0.0747. The molecular weight excluding hydrogens is 90.1 g/mol. The summed E-state index contributed by atoms with van der Waals surface area (Å²) in [7, 11) is 0. The van der Waals surface area contributed by atoms with Gasteiger partial charge in [0.15, 0.2) is 5.66 Å². The summed E-state index contributed by atoms with van der Waals surface area (Å²) in [6.07, 6.45) is 0.896. The highest BCUT2D eigenvalue weighted by atomic mass is 15.4. The van der Waals surface area contributed by atoms with E-state index in [1.54, 1.807) is 0 Å². The first kappa shape index (κ1) is 4.71. The first-order valence-corrected chi connectivity index (χ1v) is 2.41. The van der Waals surface area contributed by atoms with E-state index in [9.17, 15) is 0 Å². The van der Waals surface area contributed by atoms with Crippen LogP contribution in [0.4, 0.5) is 0 Å². The topological polar surface area (TPSA) is 50.7 Å². The second-order valence-electron chi connectivity index (χ2n) is 1.96. The lowest BCUT2D eigenvalue weighted by atomic mass is 10.2. The van der Waals surface area contributed by atoms with Gasteiger partial charge in [0, 0.05) is 6.42 Å². The van der Waals surface area contributed by atoms with Gasteiger partial charge in [-0.3, -0.25) is 0 Å². The number of nitrogens with two attached hydrogens (primary N) is 1. The molecule has 1 heterocycles. The van der Waals surface area contributed by atoms with Gasteiger partial charge in [0.05, 0.1) is 0 Å². The minimum atomic E-state index is -0.0747. The summed E-state index contributed by atoms with van der Waals surface area (Å²) in [6, 6.07) is 0. The largest absolute Gasteiger partial charge is 0.330 e. The van der Waals surface area contributed by atoms with Crippen molar-refractivity contribution in [3.8, 4) is 0 Å². The summed E-state index contributed by atoms with van der Waals surface area (Å²) in [6.45, 7) is 2.66. The summed E-state index contributed by atoms with van der Waals surface area (Å²) in [5.41, 5.74) is 5.16. The predicted octanol–water partition coefficient (Wildman–Crippen LogP) is 0.517. The molecular formula is C4H9N3. The molecule has 0 spiro atoms. The number of hydrogen-bond acceptors (Lipinski definition) is 3. The molecule has 1 aliphatic rings. The summed E-state index contributed by atoms with van der Waals surface area (Å²) in [4.78, 5) is 0. The van der Waals surface area contributed by atoms with Crippen molar-refractivity contribution >= 4 is 0 Å². The van der Waals surface area contributed by atoms with E-state index in [1.165, 1.54) is 0 Å². The van der Waals surface area contributed by atoms with Crippen LogP contribution in [0.3, 0.4) is 0 Å². The SMILES string of the molecule is CC1(CCN)N=N1. The van der Waals surface area contributed by atoms with Crippen LogP contribution in [0.15, 0.2) is 10.2 Å². The molecule has 0 radical (unpaired) electrons. The fourth-order valence-electron chi connectivity index (χ4n) is 0.459. The number of nitrogens with zero attached hydrogens (tertiary/aromatic N) is 2. The Morgan fingerprint density at radius 3 is 2.29 bits per heavy atom. The molecule has 3 heteroatoms. The van der Waals surface area contributed by atoms with Crippen LogP contribution in [0.1, 0.15) is 13.3 Å². The van der Waals surface area contributed by atoms with Crippen LogP contribution in [-0.4, -0.2) is 12.2 Å². The van der Waals surface area contributed by atoms with Gasteiger partial charge in [0.2, 0.25) is 0 Å². The second kappa shape index (κ2) is 1.26. The van der Waals surface area contributed by atoms with E-state index < -0.39 is 0 Å². The van der Waals surface area contributed by atoms with Crippen LogP contribution in [-0.2, 0) is 0 Å². The highest BCUT2D eigenvalue weighted by Crippen LogP contribution is 2.29. The van der Waals surface area contributed by atoms with Crippen molar-refractivity contribution in [2.75, 3.05) is 6.54 Å². The molecule has 1 rings (SSSR count). The summed E-state index contributed by atoms with van der Waals surface area (Å²) >= 11 is 0. The quantitative estimate of drug-likeness (QED) is 0.539. The average molecular weight is 99.1 g/mol. The van der Waals surface area contributed by atoms with Crippen molar-refractivity contribution in [2.24, 2.45) is 16.0 Å². The lowest BCUT2D eigenvalue weighted by molar-refractivity contribution is 0.610. The molecule has 0 unspecified atom stereocenters. The van der Waals surface area contributed by atoms with E-state index in [1.807, 2.05) is 6.92 Å². The molecule has 7 heavy (non-hydrogen) atoms. The first-order chi connectivity index (χ1) is 3.27. The highest BCUT2D eigenvalue weighted by molar-refractivity contribution is 4.87. The Hall–Kier alpha value is -0.440. The normalized spacial score (nSPS) is 22.6. The van der Waals surface area contributed by atoms with E-state index in [-0.39, 0.29) is 5.66 Å². The number of rotatable bonds is 2. The Morgan fingerprint density at radius 2 is 2.14 bits per heavy atom. The molecule has 2 N–H and O–H groups in total. The molecule has 0 amide bonds. The third-order valence-corrected chi connectivity index (χ3v) is 1.06. The van der Waals surface area contributed by atoms with Crippen LogP contribution in [0.5, 0.6) is 0 Å². The number of hydrogen-bond donors (Lipinski definition) is 1. The van der Waals surface area contributed by atoms with Crippen molar-refractivity contribution in [3.63, 3.8) is 0 Å². The Balaban J connectivity index is 2.16. The maximum Gasteiger partial charge on any atom is 0.189 e. The molecule has 0 aliphatic carbocycles. The van der Waals surface area contributed by atoms with E-state index in [2.05, 4.69) is 10.2 Å². The van der Waals surface area contributed by atoms with Crippen molar-refractivity contribution in [1.82, 2.24) is 0 Å². The van der Waals surface area contributed by atoms with Crippen molar-refractivity contribution in [3.05, 3.63) is 0 Å². The lowest BCUT2D eigenvalue weighted by Gasteiger charge is -1.95. The maximum atomic E-state index is 5.23. The zero-order valence-electron chi connectivity index (χ0n) is 4.39. The Kier molecular flexibility index (Phi) is 0.852. The summed E-state index contributed by atoms with van der Waals surface area (Å²) in [5.74, 6) is 0. The van der Waals surface area contributed by atoms with Crippen molar-refractivity contribution < 1.29 is 0 Å². The molecule has 0 atom stereocenters. The molecule has 3 nitrogen and oxygen atoms in total. The Morgan fingerprint density at radius 1 is 1.57 bits per heavy atom. The van der Waals surface area contributed by atoms with Crippen LogP contribution in [0.25, 0.3) is 0 Å². The second-order valence-corrected chi connectivity index (χ2v) is 1.96. The fraction of sp³-hybridized carbons (Fsp3) is 1.00. The smallest absolute Gasteiger partial charge is 0.189 e. The molecule has 0 aromatic heterocycles. The predicted molar refractivity (Wildman–Crippen MR) is 26.9 cm³/mol. The van der Waals surface area contributed by atoms with E-state index in [0.717, 1.165) is 6.42 Å². The molecule has 0 aromatic carbocycles. The van der Waals surface area contributed by atoms with Crippen LogP contribution in [0.2, 0.25) is 0 Å². The highest BCUT2D eigenvalue weighted by Gasteiger charge is 2.31. The molecule has 0 saturated heterocycles. The van der Waals surface area contributed by atoms with Gasteiger partial charge in [-0.2, -0.15) is 10.2 Å². The van der Waals surface area contributed by atoms with Gasteiger partial charge in [0.25, 0.3) is 0 Å². The molecule has 0 saturated carbocycles. The van der Waals surface area contributed by atoms with Gasteiger partial charge >= 0.3 is 0 Å². The minimum Gasteiger partial charge on any atom is -0.330 e. The van der Waals surface area contributed by atoms with Crippen molar-refractivity contribution in [2.45, 2.75) is 19.0 Å². The summed E-state index contributed by atoms with van der Waals surface area (Å²) in [5, 5.41) is 7.54. The van der Waals surface area contributed by atoms with E-state index in [0.29, 0.717) is 6.54 Å². The lowest BCUT2D eigenvalue weighted by Crippen LogP contribution is -2.11. The zero-order valence-corrected chi connectivity index (χ0v) is 4.39. The third-order valence-electron chi connectivity index (χ3n) is 1.06. The monoisotopic (exact) mass is 99.1 g/mol. The molecule has 0 bridgehead atoms. The summed E-state index contributed by atoms with van der Waals surface area (Å²) < 4.78 is 0. The van der Waals surface area contributed by atoms with Gasteiger partial charge in [-0.15, -0.1) is 0 Å². The van der Waals surface area contributed by atoms with E-state index >= 15 is 0 Å². The van der Waals surface area contributed by atoms with Gasteiger partial charge in [-0.25, -0.2) is 0 Å². The van der Waals surface area contributed by atoms with Crippen LogP contribution in [0, 0.1) is 0 Å². The van der Waals surface area contributed by atoms with Crippen LogP contribution < -0.4 is 5.73 Å². The molecule has 1 aliphatic heterocycles. The molecule has 40 valence electrons. The molecule has 0 fully saturated rings. The average Bonchev–Trinajstić information content (AvgIpc) is 2.22. The van der Waals surface area contributed by atoms with Gasteiger partial charge in [0.1, 0.15) is 0 Å². The third kappa shape index (κ3) is 0.962. The van der Waals surface area contributed by atoms with Gasteiger partial charge in [-0.05, 0) is 13.5 Å². The fourth-order valence-corrected chi connectivity index (χ4v) is 0.459. The maximum absolute atomic E-state index is 5.23. The Labute approximate surface area is 42.6 Å². The standard InChI is InChI=1S/C4H9N3/c1-4(2-3-5)6-7-4/h2-3,5H2,1H3. The molecule has 0 aromatic rings. The Bertz CT molecular complexity index is 91.1. The van der Waals surface area contributed by atoms with Crippen LogP contribution >= 0.6 is 0 Å². The van der Waals surface area contributed by atoms with E-state index in [4.69, 9.17) is 5.73 Å². The van der Waals surface area contributed by atoms with Gasteiger partial charge in [-0.1, -0.05) is 0 Å². The first-order valence-electron chi connectivity index (χ1n) is 2.41.